The van der Waals surface area contributed by atoms with E-state index in [1.54, 1.807) is 7.11 Å². The quantitative estimate of drug-likeness (QED) is 0.734. The second kappa shape index (κ2) is 8.74. The fourth-order valence-electron chi connectivity index (χ4n) is 3.59. The summed E-state index contributed by atoms with van der Waals surface area (Å²) in [6.07, 6.45) is 5.64. The first-order chi connectivity index (χ1) is 14.1. The SMILES string of the molecule is COc1cc(N2CCCCC2)ccc1/C=C1\SC(=Nc2ccccc2C)NC1=O. The van der Waals surface area contributed by atoms with Gasteiger partial charge in [-0.3, -0.25) is 4.79 Å². The maximum Gasteiger partial charge on any atom is 0.264 e. The molecule has 0 aromatic heterocycles. The number of thioether (sulfide) groups is 1. The van der Waals surface area contributed by atoms with Gasteiger partial charge < -0.3 is 15.0 Å². The average molecular weight is 408 g/mol. The van der Waals surface area contributed by atoms with Crippen molar-refractivity contribution in [1.82, 2.24) is 5.32 Å². The van der Waals surface area contributed by atoms with Crippen molar-refractivity contribution in [2.24, 2.45) is 4.99 Å². The Morgan fingerprint density at radius 1 is 1.14 bits per heavy atom. The highest BCUT2D eigenvalue weighted by Gasteiger charge is 2.24. The van der Waals surface area contributed by atoms with Crippen molar-refractivity contribution in [3.8, 4) is 5.75 Å². The molecule has 2 aliphatic heterocycles. The molecule has 2 aliphatic rings. The van der Waals surface area contributed by atoms with Crippen LogP contribution >= 0.6 is 11.8 Å². The molecular formula is C23H25N3O2S. The van der Waals surface area contributed by atoms with E-state index in [4.69, 9.17) is 4.74 Å². The standard InChI is InChI=1S/C23H25N3O2S/c1-16-8-4-5-9-19(16)24-23-25-22(27)21(29-23)14-17-10-11-18(15-20(17)28-2)26-12-6-3-7-13-26/h4-5,8-11,14-15H,3,6-7,12-13H2,1-2H3,(H,24,25,27)/b21-14-. The van der Waals surface area contributed by atoms with E-state index in [-0.39, 0.29) is 5.91 Å². The highest BCUT2D eigenvalue weighted by molar-refractivity contribution is 8.18. The van der Waals surface area contributed by atoms with Crippen molar-refractivity contribution < 1.29 is 9.53 Å². The molecule has 0 spiro atoms. The third-order valence-corrected chi connectivity index (χ3v) is 6.12. The van der Waals surface area contributed by atoms with Gasteiger partial charge >= 0.3 is 0 Å². The number of carbonyl (C=O) groups is 1. The number of nitrogens with one attached hydrogen (secondary N) is 1. The second-order valence-corrected chi connectivity index (χ2v) is 8.27. The lowest BCUT2D eigenvalue weighted by molar-refractivity contribution is -0.115. The minimum absolute atomic E-state index is 0.135. The van der Waals surface area contributed by atoms with E-state index < -0.39 is 0 Å². The Kier molecular flexibility index (Phi) is 5.90. The number of piperidine rings is 1. The molecule has 2 fully saturated rings. The normalized spacial score (nSPS) is 19.7. The number of para-hydroxylation sites is 1. The van der Waals surface area contributed by atoms with Crippen molar-refractivity contribution in [2.45, 2.75) is 26.2 Å². The largest absolute Gasteiger partial charge is 0.496 e. The molecule has 0 atom stereocenters. The predicted molar refractivity (Wildman–Crippen MR) is 121 cm³/mol. The number of aryl methyl sites for hydroxylation is 1. The monoisotopic (exact) mass is 407 g/mol. The summed E-state index contributed by atoms with van der Waals surface area (Å²) in [5.41, 5.74) is 4.00. The number of hydrogen-bond acceptors (Lipinski definition) is 5. The van der Waals surface area contributed by atoms with Crippen LogP contribution in [0.2, 0.25) is 0 Å². The van der Waals surface area contributed by atoms with E-state index in [9.17, 15) is 4.79 Å². The van der Waals surface area contributed by atoms with Crippen LogP contribution < -0.4 is 15.0 Å². The van der Waals surface area contributed by atoms with Crippen LogP contribution in [0.25, 0.3) is 6.08 Å². The zero-order valence-corrected chi connectivity index (χ0v) is 17.6. The number of hydrogen-bond donors (Lipinski definition) is 1. The summed E-state index contributed by atoms with van der Waals surface area (Å²) in [6, 6.07) is 14.1. The smallest absolute Gasteiger partial charge is 0.264 e. The summed E-state index contributed by atoms with van der Waals surface area (Å²) < 4.78 is 5.62. The van der Waals surface area contributed by atoms with Crippen LogP contribution in [0.3, 0.4) is 0 Å². The highest BCUT2D eigenvalue weighted by Crippen LogP contribution is 2.33. The lowest BCUT2D eigenvalue weighted by atomic mass is 10.1. The molecule has 150 valence electrons. The number of nitrogens with zero attached hydrogens (tertiary/aromatic N) is 2. The van der Waals surface area contributed by atoms with Gasteiger partial charge in [0.05, 0.1) is 17.7 Å². The molecule has 0 aliphatic carbocycles. The molecule has 1 amide bonds. The Bertz CT molecular complexity index is 978. The molecule has 0 saturated carbocycles. The summed E-state index contributed by atoms with van der Waals surface area (Å²) in [6.45, 7) is 4.17. The van der Waals surface area contributed by atoms with Gasteiger partial charge in [-0.2, -0.15) is 0 Å². The fourth-order valence-corrected chi connectivity index (χ4v) is 4.41. The fraction of sp³-hybridized carbons (Fsp3) is 0.304. The van der Waals surface area contributed by atoms with Gasteiger partial charge in [-0.25, -0.2) is 4.99 Å². The number of ether oxygens (including phenoxy) is 1. The van der Waals surface area contributed by atoms with Gasteiger partial charge in [-0.05, 0) is 67.8 Å². The first-order valence-electron chi connectivity index (χ1n) is 9.92. The number of benzene rings is 2. The van der Waals surface area contributed by atoms with Gasteiger partial charge in [0.15, 0.2) is 5.17 Å². The Labute approximate surface area is 175 Å². The van der Waals surface area contributed by atoms with Crippen LogP contribution in [-0.4, -0.2) is 31.3 Å². The summed E-state index contributed by atoms with van der Waals surface area (Å²) in [5.74, 6) is 0.641. The van der Waals surface area contributed by atoms with E-state index >= 15 is 0 Å². The molecule has 0 radical (unpaired) electrons. The predicted octanol–water partition coefficient (Wildman–Crippen LogP) is 4.89. The van der Waals surface area contributed by atoms with Gasteiger partial charge in [0.25, 0.3) is 5.91 Å². The molecule has 2 aromatic carbocycles. The summed E-state index contributed by atoms with van der Waals surface area (Å²) in [5, 5.41) is 3.45. The van der Waals surface area contributed by atoms with Gasteiger partial charge in [0.2, 0.25) is 0 Å². The van der Waals surface area contributed by atoms with E-state index in [1.807, 2.05) is 43.3 Å². The van der Waals surface area contributed by atoms with Crippen LogP contribution in [0.5, 0.6) is 5.75 Å². The van der Waals surface area contributed by atoms with Gasteiger partial charge in [0.1, 0.15) is 5.75 Å². The Morgan fingerprint density at radius 3 is 2.69 bits per heavy atom. The third-order valence-electron chi connectivity index (χ3n) is 5.21. The molecule has 2 heterocycles. The van der Waals surface area contributed by atoms with E-state index in [0.717, 1.165) is 35.7 Å². The van der Waals surface area contributed by atoms with E-state index in [0.29, 0.717) is 10.1 Å². The molecule has 4 rings (SSSR count). The number of methoxy groups -OCH3 is 1. The number of amidine groups is 1. The van der Waals surface area contributed by atoms with E-state index in [1.165, 1.54) is 36.7 Å². The average Bonchev–Trinajstić information content (AvgIpc) is 3.09. The zero-order chi connectivity index (χ0) is 20.2. The number of amides is 1. The van der Waals surface area contributed by atoms with Crippen molar-refractivity contribution in [3.05, 3.63) is 58.5 Å². The molecule has 2 aromatic rings. The Hall–Kier alpha value is -2.73. The van der Waals surface area contributed by atoms with Gasteiger partial charge in [-0.1, -0.05) is 18.2 Å². The van der Waals surface area contributed by atoms with Gasteiger partial charge in [-0.15, -0.1) is 0 Å². The molecule has 29 heavy (non-hydrogen) atoms. The Balaban J connectivity index is 1.57. The molecular weight excluding hydrogens is 382 g/mol. The number of rotatable bonds is 4. The van der Waals surface area contributed by atoms with Gasteiger partial charge in [0, 0.05) is 30.4 Å². The van der Waals surface area contributed by atoms with E-state index in [2.05, 4.69) is 27.3 Å². The molecule has 1 N–H and O–H groups in total. The van der Waals surface area contributed by atoms with Crippen molar-refractivity contribution in [3.63, 3.8) is 0 Å². The first-order valence-corrected chi connectivity index (χ1v) is 10.7. The summed E-state index contributed by atoms with van der Waals surface area (Å²) >= 11 is 1.35. The maximum atomic E-state index is 12.4. The first kappa shape index (κ1) is 19.6. The molecule has 0 bridgehead atoms. The zero-order valence-electron chi connectivity index (χ0n) is 16.8. The van der Waals surface area contributed by atoms with Crippen LogP contribution in [-0.2, 0) is 4.79 Å². The Morgan fingerprint density at radius 2 is 1.93 bits per heavy atom. The number of carbonyl (C=O) groups excluding carboxylic acids is 1. The lowest BCUT2D eigenvalue weighted by Gasteiger charge is -2.29. The van der Waals surface area contributed by atoms with Crippen molar-refractivity contribution >= 4 is 40.3 Å². The molecule has 6 heteroatoms. The summed E-state index contributed by atoms with van der Waals surface area (Å²) in [7, 11) is 1.67. The topological polar surface area (TPSA) is 53.9 Å². The number of aliphatic imine (C=N–C) groups is 1. The highest BCUT2D eigenvalue weighted by atomic mass is 32.2. The van der Waals surface area contributed by atoms with Crippen LogP contribution in [0.4, 0.5) is 11.4 Å². The van der Waals surface area contributed by atoms with Crippen LogP contribution in [0, 0.1) is 6.92 Å². The minimum Gasteiger partial charge on any atom is -0.496 e. The van der Waals surface area contributed by atoms with Crippen LogP contribution in [0.1, 0.15) is 30.4 Å². The maximum absolute atomic E-state index is 12.4. The minimum atomic E-state index is -0.135. The molecule has 0 unspecified atom stereocenters. The molecule has 2 saturated heterocycles. The summed E-state index contributed by atoms with van der Waals surface area (Å²) in [4.78, 5) is 20.0. The van der Waals surface area contributed by atoms with Crippen LogP contribution in [0.15, 0.2) is 52.4 Å². The molecule has 5 nitrogen and oxygen atoms in total. The van der Waals surface area contributed by atoms with Crippen molar-refractivity contribution in [2.75, 3.05) is 25.1 Å². The third kappa shape index (κ3) is 4.48. The second-order valence-electron chi connectivity index (χ2n) is 7.24. The number of anilines is 1. The van der Waals surface area contributed by atoms with Crippen molar-refractivity contribution in [1.29, 1.82) is 0 Å². The lowest BCUT2D eigenvalue weighted by Crippen LogP contribution is -2.29.